The molecule has 0 N–H and O–H groups in total. The van der Waals surface area contributed by atoms with E-state index in [2.05, 4.69) is 91.0 Å². The van der Waals surface area contributed by atoms with Crippen molar-refractivity contribution in [3.05, 3.63) is 152 Å². The van der Waals surface area contributed by atoms with Crippen molar-refractivity contribution >= 4 is 87.3 Å². The van der Waals surface area contributed by atoms with E-state index in [1.165, 1.54) is 25.6 Å². The van der Waals surface area contributed by atoms with Crippen LogP contribution < -0.4 is 15.9 Å². The summed E-state index contributed by atoms with van der Waals surface area (Å²) in [6, 6.07) is 52.1. The first kappa shape index (κ1) is 25.5. The topological polar surface area (TPSA) is 30.2 Å². The Labute approximate surface area is 258 Å². The number of benzene rings is 7. The fraction of sp³-hybridized carbons (Fsp3) is 0. The highest BCUT2D eigenvalue weighted by atomic mass is 32.1. The lowest BCUT2D eigenvalue weighted by atomic mass is 10.00. The molecule has 0 aliphatic carbocycles. The summed E-state index contributed by atoms with van der Waals surface area (Å²) < 4.78 is 23.8. The second kappa shape index (κ2) is 9.79. The zero-order valence-corrected chi connectivity index (χ0v) is 25.3. The van der Waals surface area contributed by atoms with Gasteiger partial charge in [0.05, 0.1) is 0 Å². The van der Waals surface area contributed by atoms with Gasteiger partial charge in [0.2, 0.25) is 0 Å². The second-order valence-corrected chi connectivity index (χ2v) is 15.1. The molecule has 7 aromatic carbocycles. The van der Waals surface area contributed by atoms with Gasteiger partial charge >= 0.3 is 0 Å². The normalized spacial score (nSPS) is 12.2. The highest BCUT2D eigenvalue weighted by Crippen LogP contribution is 2.45. The summed E-state index contributed by atoms with van der Waals surface area (Å²) in [4.78, 5) is 0. The Balaban J connectivity index is 1.22. The molecule has 0 amide bonds. The van der Waals surface area contributed by atoms with Gasteiger partial charge < -0.3 is 8.98 Å². The molecule has 0 unspecified atom stereocenters. The van der Waals surface area contributed by atoms with Crippen molar-refractivity contribution in [1.82, 2.24) is 0 Å². The minimum atomic E-state index is -3.07. The van der Waals surface area contributed by atoms with Crippen LogP contribution in [0.2, 0.25) is 0 Å². The minimum Gasteiger partial charge on any atom is -0.456 e. The first-order chi connectivity index (χ1) is 21.6. The van der Waals surface area contributed by atoms with Gasteiger partial charge in [0.25, 0.3) is 0 Å². The van der Waals surface area contributed by atoms with Crippen LogP contribution in [0, 0.1) is 0 Å². The second-order valence-electron chi connectivity index (χ2n) is 11.3. The molecule has 9 aromatic rings. The molecule has 44 heavy (non-hydrogen) atoms. The van der Waals surface area contributed by atoms with Crippen LogP contribution in [0.25, 0.3) is 64.0 Å². The molecular formula is C40H25O2PS. The van der Waals surface area contributed by atoms with Crippen LogP contribution in [0.5, 0.6) is 0 Å². The Bertz CT molecular complexity index is 2540. The first-order valence-corrected chi connectivity index (χ1v) is 17.2. The SMILES string of the molecule is O=P(c1ccccc1)(c1ccccc1)c1ccc2sc3ccc(-c4ccc5oc6cc7ccccc7cc6c5c4)cc3c2c1. The van der Waals surface area contributed by atoms with Crippen LogP contribution in [-0.4, -0.2) is 0 Å². The van der Waals surface area contributed by atoms with Gasteiger partial charge in [0, 0.05) is 46.9 Å². The van der Waals surface area contributed by atoms with Crippen molar-refractivity contribution in [2.45, 2.75) is 0 Å². The number of fused-ring (bicyclic) bond motifs is 7. The average molecular weight is 601 g/mol. The fourth-order valence-corrected chi connectivity index (χ4v) is 10.2. The number of rotatable bonds is 4. The maximum atomic E-state index is 15.1. The van der Waals surface area contributed by atoms with Crippen LogP contribution >= 0.6 is 18.5 Å². The summed E-state index contributed by atoms with van der Waals surface area (Å²) >= 11 is 1.78. The third-order valence-electron chi connectivity index (χ3n) is 8.73. The van der Waals surface area contributed by atoms with Gasteiger partial charge in [-0.3, -0.25) is 0 Å². The predicted octanol–water partition coefficient (Wildman–Crippen LogP) is 10.4. The van der Waals surface area contributed by atoms with E-state index < -0.39 is 7.14 Å². The Morgan fingerprint density at radius 3 is 1.68 bits per heavy atom. The van der Waals surface area contributed by atoms with Crippen molar-refractivity contribution in [1.29, 1.82) is 0 Å². The third-order valence-corrected chi connectivity index (χ3v) is 12.9. The predicted molar refractivity (Wildman–Crippen MR) is 189 cm³/mol. The highest BCUT2D eigenvalue weighted by Gasteiger charge is 2.30. The molecular weight excluding hydrogens is 575 g/mol. The largest absolute Gasteiger partial charge is 0.456 e. The molecule has 0 spiro atoms. The van der Waals surface area contributed by atoms with E-state index in [9.17, 15) is 0 Å². The van der Waals surface area contributed by atoms with Crippen molar-refractivity contribution in [3.63, 3.8) is 0 Å². The summed E-state index contributed by atoms with van der Waals surface area (Å²) in [7, 11) is -3.07. The van der Waals surface area contributed by atoms with E-state index in [0.717, 1.165) is 54.4 Å². The lowest BCUT2D eigenvalue weighted by Crippen LogP contribution is -2.24. The van der Waals surface area contributed by atoms with Gasteiger partial charge in [-0.05, 0) is 76.5 Å². The van der Waals surface area contributed by atoms with Gasteiger partial charge in [0.15, 0.2) is 7.14 Å². The summed E-state index contributed by atoms with van der Waals surface area (Å²) in [5.41, 5.74) is 4.09. The quantitative estimate of drug-likeness (QED) is 0.188. The summed E-state index contributed by atoms with van der Waals surface area (Å²) in [5, 5.41) is 9.50. The van der Waals surface area contributed by atoms with Gasteiger partial charge in [-0.1, -0.05) is 97.1 Å². The molecule has 0 fully saturated rings. The molecule has 0 saturated heterocycles. The number of thiophene rings is 1. The molecule has 0 radical (unpaired) electrons. The smallest absolute Gasteiger partial charge is 0.171 e. The lowest BCUT2D eigenvalue weighted by molar-refractivity contribution is 0.592. The van der Waals surface area contributed by atoms with Crippen molar-refractivity contribution < 1.29 is 8.98 Å². The Morgan fingerprint density at radius 1 is 0.432 bits per heavy atom. The van der Waals surface area contributed by atoms with Crippen LogP contribution in [0.3, 0.4) is 0 Å². The molecule has 0 aliphatic heterocycles. The maximum Gasteiger partial charge on any atom is 0.171 e. The van der Waals surface area contributed by atoms with Gasteiger partial charge in [-0.2, -0.15) is 0 Å². The van der Waals surface area contributed by atoms with Crippen LogP contribution in [0.4, 0.5) is 0 Å². The minimum absolute atomic E-state index is 0.846. The number of hydrogen-bond donors (Lipinski definition) is 0. The van der Waals surface area contributed by atoms with Crippen molar-refractivity contribution in [2.24, 2.45) is 0 Å². The lowest BCUT2D eigenvalue weighted by Gasteiger charge is -2.20. The zero-order valence-electron chi connectivity index (χ0n) is 23.6. The van der Waals surface area contributed by atoms with Gasteiger partial charge in [-0.15, -0.1) is 11.3 Å². The Morgan fingerprint density at radius 2 is 0.977 bits per heavy atom. The van der Waals surface area contributed by atoms with Crippen LogP contribution in [-0.2, 0) is 4.57 Å². The van der Waals surface area contributed by atoms with Crippen molar-refractivity contribution in [3.8, 4) is 11.1 Å². The van der Waals surface area contributed by atoms with Crippen molar-refractivity contribution in [2.75, 3.05) is 0 Å². The van der Waals surface area contributed by atoms with Crippen LogP contribution in [0.1, 0.15) is 0 Å². The molecule has 4 heteroatoms. The van der Waals surface area contributed by atoms with Gasteiger partial charge in [0.1, 0.15) is 11.2 Å². The first-order valence-electron chi connectivity index (χ1n) is 14.7. The van der Waals surface area contributed by atoms with E-state index in [4.69, 9.17) is 4.42 Å². The highest BCUT2D eigenvalue weighted by molar-refractivity contribution is 7.85. The zero-order chi connectivity index (χ0) is 29.3. The van der Waals surface area contributed by atoms with Crippen LogP contribution in [0.15, 0.2) is 156 Å². The molecule has 0 aliphatic rings. The fourth-order valence-electron chi connectivity index (χ4n) is 6.51. The maximum absolute atomic E-state index is 15.1. The summed E-state index contributed by atoms with van der Waals surface area (Å²) in [6.07, 6.45) is 0. The molecule has 0 saturated carbocycles. The third kappa shape index (κ3) is 3.90. The average Bonchev–Trinajstić information content (AvgIpc) is 3.64. The van der Waals surface area contributed by atoms with E-state index in [-0.39, 0.29) is 0 Å². The van der Waals surface area contributed by atoms with E-state index in [1.54, 1.807) is 11.3 Å². The summed E-state index contributed by atoms with van der Waals surface area (Å²) in [5.74, 6) is 0. The van der Waals surface area contributed by atoms with E-state index >= 15 is 4.57 Å². The monoisotopic (exact) mass is 600 g/mol. The Kier molecular flexibility index (Phi) is 5.68. The Hall–Kier alpha value is -4.95. The molecule has 2 heterocycles. The van der Waals surface area contributed by atoms with E-state index in [0.29, 0.717) is 0 Å². The number of hydrogen-bond acceptors (Lipinski definition) is 3. The molecule has 9 rings (SSSR count). The molecule has 0 atom stereocenters. The molecule has 2 aromatic heterocycles. The molecule has 0 bridgehead atoms. The molecule has 208 valence electrons. The molecule has 2 nitrogen and oxygen atoms in total. The van der Waals surface area contributed by atoms with E-state index in [1.807, 2.05) is 60.7 Å². The standard InChI is InChI=1S/C40H25O2PS/c41-43(30-11-3-1-4-12-30,31-13-5-2-6-14-31)32-17-20-40-36(25-32)35-23-29(16-19-39(35)44-40)28-15-18-37-33(22-28)34-21-26-9-7-8-10-27(26)24-38(34)42-37/h1-25H. The number of furan rings is 1. The van der Waals surface area contributed by atoms with Gasteiger partial charge in [-0.25, -0.2) is 0 Å². The summed E-state index contributed by atoms with van der Waals surface area (Å²) in [6.45, 7) is 0.